The van der Waals surface area contributed by atoms with Crippen molar-refractivity contribution in [2.45, 2.75) is 13.1 Å². The van der Waals surface area contributed by atoms with Crippen LogP contribution in [0.3, 0.4) is 0 Å². The number of anilines is 1. The highest BCUT2D eigenvalue weighted by Crippen LogP contribution is 2.31. The first-order chi connectivity index (χ1) is 8.64. The van der Waals surface area contributed by atoms with Gasteiger partial charge in [0, 0.05) is 12.3 Å². The van der Waals surface area contributed by atoms with Gasteiger partial charge in [-0.05, 0) is 12.1 Å². The van der Waals surface area contributed by atoms with Crippen molar-refractivity contribution < 1.29 is 21.6 Å². The molecule has 1 rings (SSSR count). The molecule has 0 atom stereocenters. The average molecular weight is 317 g/mol. The van der Waals surface area contributed by atoms with Crippen LogP contribution in [-0.2, 0) is 16.0 Å². The summed E-state index contributed by atoms with van der Waals surface area (Å²) in [7, 11) is -3.18. The molecule has 108 valence electrons. The fourth-order valence-electron chi connectivity index (χ4n) is 1.23. The van der Waals surface area contributed by atoms with E-state index >= 15 is 0 Å². The minimum Gasteiger partial charge on any atom is -0.369 e. The molecule has 0 spiro atoms. The topological polar surface area (TPSA) is 59.1 Å². The lowest BCUT2D eigenvalue weighted by Crippen LogP contribution is -2.18. The van der Waals surface area contributed by atoms with Gasteiger partial charge in [-0.15, -0.1) is 0 Å². The Hall–Kier alpha value is -1.02. The Morgan fingerprint density at radius 1 is 1.37 bits per heavy atom. The first kappa shape index (κ1) is 16.0. The number of halogens is 4. The largest absolute Gasteiger partial charge is 0.416 e. The quantitative estimate of drug-likeness (QED) is 0.848. The molecule has 0 bridgehead atoms. The van der Waals surface area contributed by atoms with Crippen LogP contribution in [0.5, 0.6) is 0 Å². The van der Waals surface area contributed by atoms with E-state index < -0.39 is 21.6 Å². The zero-order chi connectivity index (χ0) is 14.7. The van der Waals surface area contributed by atoms with E-state index in [0.29, 0.717) is 6.07 Å². The van der Waals surface area contributed by atoms with Crippen molar-refractivity contribution in [1.29, 1.82) is 0 Å². The number of hydrogen-bond acceptors (Lipinski definition) is 4. The van der Waals surface area contributed by atoms with Crippen molar-refractivity contribution >= 4 is 27.3 Å². The smallest absolute Gasteiger partial charge is 0.369 e. The fraction of sp³-hybridized carbons (Fsp3) is 0.500. The Labute approximate surface area is 113 Å². The zero-order valence-corrected chi connectivity index (χ0v) is 11.5. The fourth-order valence-corrected chi connectivity index (χ4v) is 2.14. The van der Waals surface area contributed by atoms with Crippen molar-refractivity contribution in [1.82, 2.24) is 4.98 Å². The van der Waals surface area contributed by atoms with Gasteiger partial charge in [-0.1, -0.05) is 18.5 Å². The van der Waals surface area contributed by atoms with Gasteiger partial charge >= 0.3 is 6.18 Å². The summed E-state index contributed by atoms with van der Waals surface area (Å²) < 4.78 is 59.9. The molecule has 1 aromatic heterocycles. The molecule has 0 unspecified atom stereocenters. The van der Waals surface area contributed by atoms with Gasteiger partial charge in [-0.2, -0.15) is 13.2 Å². The molecule has 1 heterocycles. The highest BCUT2D eigenvalue weighted by atomic mass is 35.5. The van der Waals surface area contributed by atoms with Crippen molar-refractivity contribution in [3.8, 4) is 0 Å². The predicted octanol–water partition coefficient (Wildman–Crippen LogP) is 2.60. The van der Waals surface area contributed by atoms with Crippen LogP contribution < -0.4 is 5.32 Å². The Morgan fingerprint density at radius 3 is 2.53 bits per heavy atom. The monoisotopic (exact) mass is 316 g/mol. The minimum atomic E-state index is -4.53. The van der Waals surface area contributed by atoms with E-state index in [1.54, 1.807) is 0 Å². The van der Waals surface area contributed by atoms with E-state index in [9.17, 15) is 21.6 Å². The minimum absolute atomic E-state index is 0.0224. The summed E-state index contributed by atoms with van der Waals surface area (Å²) in [6.07, 6.45) is -4.53. The van der Waals surface area contributed by atoms with Crippen molar-refractivity contribution in [2.75, 3.05) is 23.4 Å². The van der Waals surface area contributed by atoms with Gasteiger partial charge in [0.1, 0.15) is 11.0 Å². The third-order valence-electron chi connectivity index (χ3n) is 2.28. The van der Waals surface area contributed by atoms with Gasteiger partial charge in [0.05, 0.1) is 11.3 Å². The SMILES string of the molecule is CCS(=O)(=O)CCNc1cc(C(F)(F)F)cc(Cl)n1. The maximum atomic E-state index is 12.5. The lowest BCUT2D eigenvalue weighted by atomic mass is 10.2. The lowest BCUT2D eigenvalue weighted by Gasteiger charge is -2.10. The summed E-state index contributed by atoms with van der Waals surface area (Å²) in [6, 6.07) is 1.49. The number of rotatable bonds is 5. The van der Waals surface area contributed by atoms with Gasteiger partial charge in [-0.3, -0.25) is 0 Å². The Kier molecular flexibility index (Phi) is 5.03. The zero-order valence-electron chi connectivity index (χ0n) is 9.96. The summed E-state index contributed by atoms with van der Waals surface area (Å²) >= 11 is 5.48. The number of nitrogens with zero attached hydrogens (tertiary/aromatic N) is 1. The Morgan fingerprint density at radius 2 is 2.00 bits per heavy atom. The van der Waals surface area contributed by atoms with E-state index in [0.717, 1.165) is 6.07 Å². The second-order valence-electron chi connectivity index (χ2n) is 3.72. The van der Waals surface area contributed by atoms with Gasteiger partial charge in [0.15, 0.2) is 9.84 Å². The maximum Gasteiger partial charge on any atom is 0.416 e. The molecule has 0 aromatic carbocycles. The van der Waals surface area contributed by atoms with Crippen LogP contribution in [0.15, 0.2) is 12.1 Å². The normalized spacial score (nSPS) is 12.5. The Bertz CT molecular complexity index is 546. The second kappa shape index (κ2) is 5.96. The summed E-state index contributed by atoms with van der Waals surface area (Å²) in [5.74, 6) is -0.309. The molecule has 19 heavy (non-hydrogen) atoms. The number of hydrogen-bond donors (Lipinski definition) is 1. The predicted molar refractivity (Wildman–Crippen MR) is 67.1 cm³/mol. The molecule has 1 N–H and O–H groups in total. The molecule has 9 heteroatoms. The number of aromatic nitrogens is 1. The molecule has 0 amide bonds. The third kappa shape index (κ3) is 5.23. The lowest BCUT2D eigenvalue weighted by molar-refractivity contribution is -0.137. The van der Waals surface area contributed by atoms with E-state index in [-0.39, 0.29) is 29.0 Å². The summed E-state index contributed by atoms with van der Waals surface area (Å²) in [4.78, 5) is 3.65. The molecular weight excluding hydrogens is 305 g/mol. The third-order valence-corrected chi connectivity index (χ3v) is 4.18. The molecule has 0 radical (unpaired) electrons. The highest BCUT2D eigenvalue weighted by molar-refractivity contribution is 7.91. The first-order valence-corrected chi connectivity index (χ1v) is 7.53. The van der Waals surface area contributed by atoms with Crippen LogP contribution in [0.4, 0.5) is 19.0 Å². The standard InChI is InChI=1S/C10H12ClF3N2O2S/c1-2-19(17,18)4-3-15-9-6-7(10(12,13)14)5-8(11)16-9/h5-6H,2-4H2,1H3,(H,15,16). The summed E-state index contributed by atoms with van der Waals surface area (Å²) in [6.45, 7) is 1.47. The average Bonchev–Trinajstić information content (AvgIpc) is 2.27. The maximum absolute atomic E-state index is 12.5. The summed E-state index contributed by atoms with van der Waals surface area (Å²) in [5.41, 5.74) is -0.937. The molecular formula is C10H12ClF3N2O2S. The Balaban J connectivity index is 2.77. The van der Waals surface area contributed by atoms with Crippen molar-refractivity contribution in [3.05, 3.63) is 22.8 Å². The summed E-state index contributed by atoms with van der Waals surface area (Å²) in [5, 5.41) is 2.20. The van der Waals surface area contributed by atoms with E-state index in [1.807, 2.05) is 0 Å². The van der Waals surface area contributed by atoms with E-state index in [2.05, 4.69) is 10.3 Å². The van der Waals surface area contributed by atoms with Crippen LogP contribution >= 0.6 is 11.6 Å². The molecule has 1 aromatic rings. The van der Waals surface area contributed by atoms with Gasteiger partial charge in [0.2, 0.25) is 0 Å². The van der Waals surface area contributed by atoms with Gasteiger partial charge in [0.25, 0.3) is 0 Å². The number of nitrogens with one attached hydrogen (secondary N) is 1. The van der Waals surface area contributed by atoms with Crippen LogP contribution in [0.25, 0.3) is 0 Å². The molecule has 0 aliphatic carbocycles. The number of sulfone groups is 1. The van der Waals surface area contributed by atoms with Crippen LogP contribution in [0, 0.1) is 0 Å². The second-order valence-corrected chi connectivity index (χ2v) is 6.58. The highest BCUT2D eigenvalue weighted by Gasteiger charge is 2.31. The van der Waals surface area contributed by atoms with Crippen molar-refractivity contribution in [3.63, 3.8) is 0 Å². The molecule has 0 aliphatic heterocycles. The van der Waals surface area contributed by atoms with Crippen LogP contribution in [0.2, 0.25) is 5.15 Å². The number of pyridine rings is 1. The molecule has 0 fully saturated rings. The molecule has 0 saturated carbocycles. The van der Waals surface area contributed by atoms with Crippen LogP contribution in [0.1, 0.15) is 12.5 Å². The molecule has 0 saturated heterocycles. The van der Waals surface area contributed by atoms with Crippen molar-refractivity contribution in [2.24, 2.45) is 0 Å². The van der Waals surface area contributed by atoms with Gasteiger partial charge < -0.3 is 5.32 Å². The molecule has 4 nitrogen and oxygen atoms in total. The van der Waals surface area contributed by atoms with Gasteiger partial charge in [-0.25, -0.2) is 13.4 Å². The van der Waals surface area contributed by atoms with E-state index in [4.69, 9.17) is 11.6 Å². The first-order valence-electron chi connectivity index (χ1n) is 5.33. The van der Waals surface area contributed by atoms with E-state index in [1.165, 1.54) is 6.92 Å². The number of alkyl halides is 3. The molecule has 0 aliphatic rings. The van der Waals surface area contributed by atoms with Crippen LogP contribution in [-0.4, -0.2) is 31.5 Å².